The van der Waals surface area contributed by atoms with Crippen molar-refractivity contribution in [1.82, 2.24) is 5.32 Å². The van der Waals surface area contributed by atoms with Crippen LogP contribution in [0.4, 0.5) is 0 Å². The maximum absolute atomic E-state index is 13.1. The summed E-state index contributed by atoms with van der Waals surface area (Å²) in [6.07, 6.45) is 0.213. The highest BCUT2D eigenvalue weighted by Crippen LogP contribution is 2.23. The predicted octanol–water partition coefficient (Wildman–Crippen LogP) is 4.43. The van der Waals surface area contributed by atoms with Gasteiger partial charge in [-0.05, 0) is 68.3 Å². The molecule has 6 heteroatoms. The van der Waals surface area contributed by atoms with E-state index in [2.05, 4.69) is 5.32 Å². The minimum absolute atomic E-state index is 0.0458. The fourth-order valence-corrected chi connectivity index (χ4v) is 3.38. The van der Waals surface area contributed by atoms with Gasteiger partial charge >= 0.3 is 5.97 Å². The number of amides is 1. The van der Waals surface area contributed by atoms with Crippen LogP contribution in [0.5, 0.6) is 5.75 Å². The highest BCUT2D eigenvalue weighted by atomic mass is 16.6. The van der Waals surface area contributed by atoms with Gasteiger partial charge in [0.2, 0.25) is 0 Å². The number of hydrogen-bond donors (Lipinski definition) is 2. The van der Waals surface area contributed by atoms with Crippen LogP contribution in [0.3, 0.4) is 0 Å². The molecule has 0 saturated heterocycles. The fraction of sp³-hybridized carbons (Fsp3) is 0.269. The van der Waals surface area contributed by atoms with E-state index in [1.165, 1.54) is 13.0 Å². The van der Waals surface area contributed by atoms with Gasteiger partial charge in [0.05, 0.1) is 0 Å². The molecule has 1 atom stereocenters. The summed E-state index contributed by atoms with van der Waals surface area (Å²) in [7, 11) is 0. The average molecular weight is 434 g/mol. The number of phenolic OH excluding ortho intramolecular Hbond substituents is 1. The normalized spacial score (nSPS) is 12.2. The van der Waals surface area contributed by atoms with Crippen LogP contribution in [-0.4, -0.2) is 34.4 Å². The van der Waals surface area contributed by atoms with Crippen LogP contribution in [0.25, 0.3) is 10.8 Å². The Morgan fingerprint density at radius 1 is 1.00 bits per heavy atom. The second kappa shape index (κ2) is 9.22. The molecule has 3 rings (SSSR count). The standard InChI is InChI=1S/C26H27NO5/c1-16(28)18-10-8-17(9-11-18)14-23(25(31)32-26(2,3)4)27-24(30)22-7-5-6-19-15-20(29)12-13-21(19)22/h5-13,15,23,29H,14H2,1-4H3,(H,27,30)/t23-/m0/s1. The summed E-state index contributed by atoms with van der Waals surface area (Å²) in [5, 5.41) is 13.9. The molecule has 166 valence electrons. The lowest BCUT2D eigenvalue weighted by atomic mass is 10.0. The zero-order valence-electron chi connectivity index (χ0n) is 18.6. The van der Waals surface area contributed by atoms with Gasteiger partial charge in [-0.25, -0.2) is 4.79 Å². The number of ketones is 1. The highest BCUT2D eigenvalue weighted by Gasteiger charge is 2.28. The number of hydrogen-bond acceptors (Lipinski definition) is 5. The zero-order valence-corrected chi connectivity index (χ0v) is 18.6. The number of nitrogens with one attached hydrogen (secondary N) is 1. The van der Waals surface area contributed by atoms with Crippen LogP contribution in [0.15, 0.2) is 60.7 Å². The van der Waals surface area contributed by atoms with Gasteiger partial charge in [0, 0.05) is 17.5 Å². The maximum atomic E-state index is 13.1. The first kappa shape index (κ1) is 23.0. The van der Waals surface area contributed by atoms with E-state index in [9.17, 15) is 19.5 Å². The number of aromatic hydroxyl groups is 1. The van der Waals surface area contributed by atoms with Crippen molar-refractivity contribution in [2.75, 3.05) is 0 Å². The van der Waals surface area contributed by atoms with E-state index in [4.69, 9.17) is 4.74 Å². The molecule has 0 aromatic heterocycles. The largest absolute Gasteiger partial charge is 0.508 e. The lowest BCUT2D eigenvalue weighted by Crippen LogP contribution is -2.45. The van der Waals surface area contributed by atoms with E-state index in [1.807, 2.05) is 0 Å². The van der Waals surface area contributed by atoms with E-state index < -0.39 is 23.5 Å². The third kappa shape index (κ3) is 5.72. The summed E-state index contributed by atoms with van der Waals surface area (Å²) in [6, 6.07) is 16.0. The quantitative estimate of drug-likeness (QED) is 0.443. The Labute approximate surface area is 187 Å². The Morgan fingerprint density at radius 3 is 2.31 bits per heavy atom. The molecule has 0 fully saturated rings. The van der Waals surface area contributed by atoms with Gasteiger partial charge in [0.1, 0.15) is 17.4 Å². The Bertz CT molecular complexity index is 1160. The van der Waals surface area contributed by atoms with Crippen LogP contribution in [0.2, 0.25) is 0 Å². The number of phenols is 1. The smallest absolute Gasteiger partial charge is 0.329 e. The molecule has 0 aliphatic rings. The number of carbonyl (C=O) groups excluding carboxylic acids is 3. The van der Waals surface area contributed by atoms with Crippen LogP contribution in [0, 0.1) is 0 Å². The van der Waals surface area contributed by atoms with Crippen molar-refractivity contribution in [3.63, 3.8) is 0 Å². The van der Waals surface area contributed by atoms with Gasteiger partial charge in [-0.15, -0.1) is 0 Å². The lowest BCUT2D eigenvalue weighted by molar-refractivity contribution is -0.157. The van der Waals surface area contributed by atoms with Gasteiger partial charge in [0.15, 0.2) is 5.78 Å². The van der Waals surface area contributed by atoms with E-state index in [0.29, 0.717) is 21.9 Å². The van der Waals surface area contributed by atoms with Crippen molar-refractivity contribution in [3.8, 4) is 5.75 Å². The summed E-state index contributed by atoms with van der Waals surface area (Å²) >= 11 is 0. The number of ether oxygens (including phenoxy) is 1. The summed E-state index contributed by atoms with van der Waals surface area (Å²) in [5.41, 5.74) is 1.04. The number of esters is 1. The summed E-state index contributed by atoms with van der Waals surface area (Å²) < 4.78 is 5.53. The molecule has 0 heterocycles. The first-order chi connectivity index (χ1) is 15.0. The summed E-state index contributed by atoms with van der Waals surface area (Å²) in [6.45, 7) is 6.79. The molecule has 3 aromatic rings. The second-order valence-corrected chi connectivity index (χ2v) is 8.73. The molecule has 32 heavy (non-hydrogen) atoms. The predicted molar refractivity (Wildman–Crippen MR) is 123 cm³/mol. The SMILES string of the molecule is CC(=O)c1ccc(C[C@H](NC(=O)c2cccc3cc(O)ccc23)C(=O)OC(C)(C)C)cc1. The third-order valence-corrected chi connectivity index (χ3v) is 4.91. The minimum Gasteiger partial charge on any atom is -0.508 e. The molecule has 0 aliphatic carbocycles. The number of benzene rings is 3. The molecule has 2 N–H and O–H groups in total. The molecule has 1 amide bonds. The van der Waals surface area contributed by atoms with E-state index in [1.54, 1.807) is 75.4 Å². The lowest BCUT2D eigenvalue weighted by Gasteiger charge is -2.25. The molecule has 0 bridgehead atoms. The molecule has 0 spiro atoms. The third-order valence-electron chi connectivity index (χ3n) is 4.91. The summed E-state index contributed by atoms with van der Waals surface area (Å²) in [5.74, 6) is -0.900. The molecule has 0 saturated carbocycles. The number of fused-ring (bicyclic) bond motifs is 1. The first-order valence-electron chi connectivity index (χ1n) is 10.4. The molecule has 3 aromatic carbocycles. The van der Waals surface area contributed by atoms with Gasteiger partial charge < -0.3 is 15.2 Å². The number of rotatable bonds is 6. The van der Waals surface area contributed by atoms with Crippen molar-refractivity contribution >= 4 is 28.4 Å². The molecular formula is C26H27NO5. The molecule has 6 nitrogen and oxygen atoms in total. The van der Waals surface area contributed by atoms with Crippen molar-refractivity contribution in [1.29, 1.82) is 0 Å². The zero-order chi connectivity index (χ0) is 23.5. The number of carbonyl (C=O) groups is 3. The average Bonchev–Trinajstić information content (AvgIpc) is 2.71. The monoisotopic (exact) mass is 433 g/mol. The van der Waals surface area contributed by atoms with Crippen molar-refractivity contribution in [2.45, 2.75) is 45.8 Å². The second-order valence-electron chi connectivity index (χ2n) is 8.73. The van der Waals surface area contributed by atoms with Crippen LogP contribution >= 0.6 is 0 Å². The van der Waals surface area contributed by atoms with Crippen molar-refractivity contribution in [3.05, 3.63) is 77.4 Å². The Kier molecular flexibility index (Phi) is 6.63. The molecular weight excluding hydrogens is 406 g/mol. The van der Waals surface area contributed by atoms with Crippen LogP contribution < -0.4 is 5.32 Å². The highest BCUT2D eigenvalue weighted by molar-refractivity contribution is 6.08. The molecule has 0 radical (unpaired) electrons. The fourth-order valence-electron chi connectivity index (χ4n) is 3.38. The Morgan fingerprint density at radius 2 is 1.69 bits per heavy atom. The molecule has 0 unspecified atom stereocenters. The maximum Gasteiger partial charge on any atom is 0.329 e. The van der Waals surface area contributed by atoms with Gasteiger partial charge in [-0.3, -0.25) is 9.59 Å². The van der Waals surface area contributed by atoms with Crippen molar-refractivity contribution < 1.29 is 24.2 Å². The van der Waals surface area contributed by atoms with Gasteiger partial charge in [-0.1, -0.05) is 36.4 Å². The van der Waals surface area contributed by atoms with Gasteiger partial charge in [0.25, 0.3) is 5.91 Å². The Balaban J connectivity index is 1.89. The number of Topliss-reactive ketones (excluding diaryl/α,β-unsaturated/α-hetero) is 1. The van der Waals surface area contributed by atoms with Crippen molar-refractivity contribution in [2.24, 2.45) is 0 Å². The summed E-state index contributed by atoms with van der Waals surface area (Å²) in [4.78, 5) is 37.5. The minimum atomic E-state index is -0.919. The Hall–Kier alpha value is -3.67. The van der Waals surface area contributed by atoms with E-state index in [0.717, 1.165) is 5.56 Å². The topological polar surface area (TPSA) is 92.7 Å². The van der Waals surface area contributed by atoms with Crippen LogP contribution in [0.1, 0.15) is 54.0 Å². The van der Waals surface area contributed by atoms with E-state index in [-0.39, 0.29) is 18.0 Å². The van der Waals surface area contributed by atoms with E-state index >= 15 is 0 Å². The van der Waals surface area contributed by atoms with Crippen LogP contribution in [-0.2, 0) is 16.0 Å². The first-order valence-corrected chi connectivity index (χ1v) is 10.4. The van der Waals surface area contributed by atoms with Gasteiger partial charge in [-0.2, -0.15) is 0 Å². The molecule has 0 aliphatic heterocycles.